The summed E-state index contributed by atoms with van der Waals surface area (Å²) in [6.45, 7) is 2.97. The molecule has 0 aromatic carbocycles. The minimum absolute atomic E-state index is 0.00413. The molecule has 0 N–H and O–H groups in total. The molecule has 1 aromatic heterocycles. The lowest BCUT2D eigenvalue weighted by atomic mass is 10.1. The Kier molecular flexibility index (Phi) is 5.02. The summed E-state index contributed by atoms with van der Waals surface area (Å²) in [6.07, 6.45) is 4.32. The van der Waals surface area contributed by atoms with Gasteiger partial charge in [0.05, 0.1) is 13.0 Å². The van der Waals surface area contributed by atoms with Crippen LogP contribution < -0.4 is 0 Å². The number of rotatable bonds is 6. The van der Waals surface area contributed by atoms with Crippen molar-refractivity contribution in [2.24, 2.45) is 7.05 Å². The predicted octanol–water partition coefficient (Wildman–Crippen LogP) is 0.441. The number of hydrogen-bond acceptors (Lipinski definition) is 4. The van der Waals surface area contributed by atoms with E-state index in [9.17, 15) is 14.4 Å². The van der Waals surface area contributed by atoms with Crippen LogP contribution in [0.15, 0.2) is 12.4 Å². The van der Waals surface area contributed by atoms with Gasteiger partial charge in [0.15, 0.2) is 0 Å². The molecule has 0 spiro atoms. The molecule has 1 aliphatic heterocycles. The number of amides is 4. The van der Waals surface area contributed by atoms with Gasteiger partial charge in [-0.3, -0.25) is 14.5 Å². The van der Waals surface area contributed by atoms with Crippen molar-refractivity contribution in [3.8, 4) is 0 Å². The molecule has 23 heavy (non-hydrogen) atoms. The van der Waals surface area contributed by atoms with Crippen molar-refractivity contribution in [2.75, 3.05) is 20.6 Å². The summed E-state index contributed by atoms with van der Waals surface area (Å²) >= 11 is 0. The first-order chi connectivity index (χ1) is 10.9. The second kappa shape index (κ2) is 6.80. The van der Waals surface area contributed by atoms with Crippen LogP contribution in [0, 0.1) is 0 Å². The van der Waals surface area contributed by atoms with E-state index in [-0.39, 0.29) is 24.3 Å². The Labute approximate surface area is 135 Å². The highest BCUT2D eigenvalue weighted by atomic mass is 16.2. The van der Waals surface area contributed by atoms with Crippen LogP contribution >= 0.6 is 0 Å². The fourth-order valence-corrected chi connectivity index (χ4v) is 2.65. The lowest BCUT2D eigenvalue weighted by Crippen LogP contribution is -2.40. The molecule has 4 amide bonds. The zero-order valence-corrected chi connectivity index (χ0v) is 14.0. The number of carbonyl (C=O) groups excluding carboxylic acids is 3. The lowest BCUT2D eigenvalue weighted by Gasteiger charge is -2.24. The van der Waals surface area contributed by atoms with Crippen LogP contribution in [0.2, 0.25) is 0 Å². The Bertz CT molecular complexity index is 612. The van der Waals surface area contributed by atoms with Crippen molar-refractivity contribution in [1.82, 2.24) is 24.3 Å². The van der Waals surface area contributed by atoms with Gasteiger partial charge in [-0.1, -0.05) is 6.92 Å². The number of urea groups is 1. The summed E-state index contributed by atoms with van der Waals surface area (Å²) in [4.78, 5) is 44.8. The van der Waals surface area contributed by atoms with Crippen molar-refractivity contribution in [3.63, 3.8) is 0 Å². The van der Waals surface area contributed by atoms with Crippen LogP contribution in [0.5, 0.6) is 0 Å². The predicted molar refractivity (Wildman–Crippen MR) is 83.3 cm³/mol. The molecular weight excluding hydrogens is 298 g/mol. The topological polar surface area (TPSA) is 78.8 Å². The molecule has 2 rings (SSSR count). The summed E-state index contributed by atoms with van der Waals surface area (Å²) in [5.41, 5.74) is 0. The van der Waals surface area contributed by atoms with E-state index in [1.165, 1.54) is 11.9 Å². The van der Waals surface area contributed by atoms with Crippen LogP contribution in [0.25, 0.3) is 0 Å². The van der Waals surface area contributed by atoms with Crippen LogP contribution in [0.3, 0.4) is 0 Å². The maximum absolute atomic E-state index is 12.6. The summed E-state index contributed by atoms with van der Waals surface area (Å²) < 4.78 is 1.86. The summed E-state index contributed by atoms with van der Waals surface area (Å²) in [6, 6.07) is -1.10. The Morgan fingerprint density at radius 1 is 1.30 bits per heavy atom. The standard InChI is InChI=1S/C15H23N5O3/c1-5-7-20(10-12-16-6-8-17(12)2)13(21)9-11-14(22)19(4)15(23)18(11)3/h6,8,11H,5,7,9-10H2,1-4H3. The maximum atomic E-state index is 12.6. The smallest absolute Gasteiger partial charge is 0.326 e. The lowest BCUT2D eigenvalue weighted by molar-refractivity contribution is -0.137. The first kappa shape index (κ1) is 17.0. The Morgan fingerprint density at radius 3 is 2.48 bits per heavy atom. The highest BCUT2D eigenvalue weighted by Gasteiger charge is 2.42. The fraction of sp³-hybridized carbons (Fsp3) is 0.600. The molecule has 8 heteroatoms. The average Bonchev–Trinajstić information content (AvgIpc) is 3.00. The van der Waals surface area contributed by atoms with E-state index in [0.717, 1.165) is 17.1 Å². The molecule has 1 atom stereocenters. The third kappa shape index (κ3) is 3.35. The zero-order valence-electron chi connectivity index (χ0n) is 14.0. The van der Waals surface area contributed by atoms with Gasteiger partial charge >= 0.3 is 6.03 Å². The highest BCUT2D eigenvalue weighted by molar-refractivity contribution is 6.05. The number of imide groups is 1. The molecule has 0 bridgehead atoms. The minimum atomic E-state index is -0.722. The Morgan fingerprint density at radius 2 is 2.00 bits per heavy atom. The van der Waals surface area contributed by atoms with Gasteiger partial charge in [0.2, 0.25) is 5.91 Å². The molecule has 0 aliphatic carbocycles. The highest BCUT2D eigenvalue weighted by Crippen LogP contribution is 2.18. The molecule has 8 nitrogen and oxygen atoms in total. The zero-order chi connectivity index (χ0) is 17.1. The molecule has 1 fully saturated rings. The van der Waals surface area contributed by atoms with Crippen LogP contribution in [-0.4, -0.2) is 68.8 Å². The van der Waals surface area contributed by atoms with E-state index in [1.807, 2.05) is 24.7 Å². The van der Waals surface area contributed by atoms with Crippen LogP contribution in [0.4, 0.5) is 4.79 Å². The van der Waals surface area contributed by atoms with Crippen molar-refractivity contribution < 1.29 is 14.4 Å². The summed E-state index contributed by atoms with van der Waals surface area (Å²) in [7, 11) is 4.85. The van der Waals surface area contributed by atoms with E-state index in [4.69, 9.17) is 0 Å². The van der Waals surface area contributed by atoms with Gasteiger partial charge in [-0.15, -0.1) is 0 Å². The number of imidazole rings is 1. The third-order valence-corrected chi connectivity index (χ3v) is 4.14. The van der Waals surface area contributed by atoms with E-state index in [2.05, 4.69) is 4.98 Å². The summed E-state index contributed by atoms with van der Waals surface area (Å²) in [5, 5.41) is 0. The Hall–Kier alpha value is -2.38. The molecule has 126 valence electrons. The molecule has 1 unspecified atom stereocenters. The molecule has 1 saturated heterocycles. The second-order valence-corrected chi connectivity index (χ2v) is 5.78. The van der Waals surface area contributed by atoms with Gasteiger partial charge in [-0.05, 0) is 6.42 Å². The monoisotopic (exact) mass is 321 g/mol. The van der Waals surface area contributed by atoms with Crippen molar-refractivity contribution in [2.45, 2.75) is 32.4 Å². The number of hydrogen-bond donors (Lipinski definition) is 0. The normalized spacial score (nSPS) is 18.0. The Balaban J connectivity index is 2.08. The number of likely N-dealkylation sites (N-methyl/N-ethyl adjacent to an activating group) is 2. The van der Waals surface area contributed by atoms with E-state index >= 15 is 0 Å². The SMILES string of the molecule is CCCN(Cc1nccn1C)C(=O)CC1C(=O)N(C)C(=O)N1C. The van der Waals surface area contributed by atoms with E-state index in [0.29, 0.717) is 13.1 Å². The third-order valence-electron chi connectivity index (χ3n) is 4.14. The van der Waals surface area contributed by atoms with Crippen molar-refractivity contribution in [3.05, 3.63) is 18.2 Å². The molecule has 0 radical (unpaired) electrons. The number of aromatic nitrogens is 2. The van der Waals surface area contributed by atoms with Gasteiger partial charge < -0.3 is 14.4 Å². The average molecular weight is 321 g/mol. The fourth-order valence-electron chi connectivity index (χ4n) is 2.65. The second-order valence-electron chi connectivity index (χ2n) is 5.78. The first-order valence-corrected chi connectivity index (χ1v) is 7.65. The minimum Gasteiger partial charge on any atom is -0.337 e. The van der Waals surface area contributed by atoms with E-state index in [1.54, 1.807) is 18.1 Å². The maximum Gasteiger partial charge on any atom is 0.326 e. The van der Waals surface area contributed by atoms with Gasteiger partial charge in [0.1, 0.15) is 11.9 Å². The van der Waals surface area contributed by atoms with Gasteiger partial charge in [-0.2, -0.15) is 0 Å². The van der Waals surface area contributed by atoms with Crippen LogP contribution in [0.1, 0.15) is 25.6 Å². The van der Waals surface area contributed by atoms with Gasteiger partial charge in [0.25, 0.3) is 5.91 Å². The van der Waals surface area contributed by atoms with Crippen LogP contribution in [-0.2, 0) is 23.2 Å². The van der Waals surface area contributed by atoms with Crippen molar-refractivity contribution >= 4 is 17.8 Å². The van der Waals surface area contributed by atoms with E-state index < -0.39 is 6.04 Å². The van der Waals surface area contributed by atoms with Gasteiger partial charge in [0, 0.05) is 40.1 Å². The van der Waals surface area contributed by atoms with Crippen molar-refractivity contribution in [1.29, 1.82) is 0 Å². The largest absolute Gasteiger partial charge is 0.337 e. The number of carbonyl (C=O) groups is 3. The number of nitrogens with zero attached hydrogens (tertiary/aromatic N) is 5. The molecule has 1 aliphatic rings. The quantitative estimate of drug-likeness (QED) is 0.712. The number of aryl methyl sites for hydroxylation is 1. The molecular formula is C15H23N5O3. The molecule has 2 heterocycles. The first-order valence-electron chi connectivity index (χ1n) is 7.65. The molecule has 0 saturated carbocycles. The van der Waals surface area contributed by atoms with Gasteiger partial charge in [-0.25, -0.2) is 9.78 Å². The molecule has 1 aromatic rings. The summed E-state index contributed by atoms with van der Waals surface area (Å²) in [5.74, 6) is 0.300.